The fourth-order valence-electron chi connectivity index (χ4n) is 2.00. The highest BCUT2D eigenvalue weighted by Crippen LogP contribution is 2.29. The van der Waals surface area contributed by atoms with E-state index in [0.717, 1.165) is 4.88 Å². The quantitative estimate of drug-likeness (QED) is 0.868. The van der Waals surface area contributed by atoms with Gasteiger partial charge in [0.25, 0.3) is 0 Å². The Morgan fingerprint density at radius 2 is 2.05 bits per heavy atom. The average Bonchev–Trinajstić information content (AvgIpc) is 2.99. The summed E-state index contributed by atoms with van der Waals surface area (Å²) in [7, 11) is -2.00. The molecule has 2 rings (SSSR count). The Kier molecular flexibility index (Phi) is 4.47. The second kappa shape index (κ2) is 5.98. The Morgan fingerprint density at radius 1 is 1.33 bits per heavy atom. The standard InChI is InChI=1S/C15H16N2O2S2/c1-11-9-14(7-6-13(11)10-16)21(18,19)17(3)12(2)15-5-4-8-20-15/h4-9,12H,1-3H3. The lowest BCUT2D eigenvalue weighted by Gasteiger charge is -2.23. The first-order chi connectivity index (χ1) is 9.87. The van der Waals surface area contributed by atoms with Crippen LogP contribution in [0.2, 0.25) is 0 Å². The third-order valence-corrected chi connectivity index (χ3v) is 6.46. The fraction of sp³-hybridized carbons (Fsp3) is 0.267. The van der Waals surface area contributed by atoms with E-state index in [0.29, 0.717) is 11.1 Å². The number of rotatable bonds is 4. The number of thiophene rings is 1. The predicted molar refractivity (Wildman–Crippen MR) is 83.6 cm³/mol. The highest BCUT2D eigenvalue weighted by Gasteiger charge is 2.27. The van der Waals surface area contributed by atoms with Crippen molar-refractivity contribution in [1.29, 1.82) is 5.26 Å². The number of hydrogen-bond donors (Lipinski definition) is 0. The summed E-state index contributed by atoms with van der Waals surface area (Å²) in [5, 5.41) is 10.9. The van der Waals surface area contributed by atoms with Crippen LogP contribution in [0.1, 0.15) is 29.0 Å². The van der Waals surface area contributed by atoms with Gasteiger partial charge in [-0.05, 0) is 49.1 Å². The third-order valence-electron chi connectivity index (χ3n) is 3.50. The summed E-state index contributed by atoms with van der Waals surface area (Å²) in [4.78, 5) is 1.20. The first kappa shape index (κ1) is 15.7. The number of aryl methyl sites for hydroxylation is 1. The van der Waals surface area contributed by atoms with Crippen molar-refractivity contribution < 1.29 is 8.42 Å². The Hall–Kier alpha value is -1.68. The molecule has 1 atom stereocenters. The number of nitriles is 1. The lowest BCUT2D eigenvalue weighted by molar-refractivity contribution is 0.403. The normalized spacial score (nSPS) is 13.1. The Labute approximate surface area is 129 Å². The van der Waals surface area contributed by atoms with Gasteiger partial charge in [-0.25, -0.2) is 8.42 Å². The van der Waals surface area contributed by atoms with Gasteiger partial charge in [-0.15, -0.1) is 11.3 Å². The van der Waals surface area contributed by atoms with E-state index in [-0.39, 0.29) is 10.9 Å². The maximum Gasteiger partial charge on any atom is 0.243 e. The molecule has 0 saturated heterocycles. The highest BCUT2D eigenvalue weighted by atomic mass is 32.2. The molecule has 0 aliphatic carbocycles. The monoisotopic (exact) mass is 320 g/mol. The van der Waals surface area contributed by atoms with E-state index < -0.39 is 10.0 Å². The topological polar surface area (TPSA) is 61.2 Å². The van der Waals surface area contributed by atoms with Gasteiger partial charge in [-0.1, -0.05) is 6.07 Å². The Balaban J connectivity index is 2.38. The molecule has 1 heterocycles. The van der Waals surface area contributed by atoms with Gasteiger partial charge in [0, 0.05) is 11.9 Å². The summed E-state index contributed by atoms with van der Waals surface area (Å²) in [6.07, 6.45) is 0. The Morgan fingerprint density at radius 3 is 2.57 bits per heavy atom. The predicted octanol–water partition coefficient (Wildman–Crippen LogP) is 3.31. The van der Waals surface area contributed by atoms with Crippen LogP contribution in [0.25, 0.3) is 0 Å². The van der Waals surface area contributed by atoms with Crippen LogP contribution in [0.15, 0.2) is 40.6 Å². The van der Waals surface area contributed by atoms with E-state index in [1.54, 1.807) is 26.1 Å². The summed E-state index contributed by atoms with van der Waals surface area (Å²) in [6.45, 7) is 3.60. The summed E-state index contributed by atoms with van der Waals surface area (Å²) in [5.74, 6) is 0. The molecule has 1 aromatic heterocycles. The smallest absolute Gasteiger partial charge is 0.207 e. The summed E-state index contributed by atoms with van der Waals surface area (Å²) in [6, 6.07) is 10.2. The molecule has 0 amide bonds. The van der Waals surface area contributed by atoms with Crippen molar-refractivity contribution in [3.63, 3.8) is 0 Å². The van der Waals surface area contributed by atoms with E-state index in [1.165, 1.54) is 21.7 Å². The maximum absolute atomic E-state index is 12.7. The van der Waals surface area contributed by atoms with Crippen LogP contribution in [0.3, 0.4) is 0 Å². The van der Waals surface area contributed by atoms with Crippen LogP contribution in [-0.4, -0.2) is 19.8 Å². The van der Waals surface area contributed by atoms with Crippen LogP contribution in [0, 0.1) is 18.3 Å². The zero-order chi connectivity index (χ0) is 15.6. The van der Waals surface area contributed by atoms with Crippen molar-refractivity contribution in [2.75, 3.05) is 7.05 Å². The maximum atomic E-state index is 12.7. The first-order valence-electron chi connectivity index (χ1n) is 6.40. The molecule has 0 radical (unpaired) electrons. The van der Waals surface area contributed by atoms with Crippen LogP contribution >= 0.6 is 11.3 Å². The molecule has 0 aliphatic heterocycles. The largest absolute Gasteiger partial charge is 0.243 e. The molecule has 0 bridgehead atoms. The molecule has 2 aromatic rings. The molecular formula is C15H16N2O2S2. The SMILES string of the molecule is Cc1cc(S(=O)(=O)N(C)C(C)c2cccs2)ccc1C#N. The van der Waals surface area contributed by atoms with E-state index in [9.17, 15) is 8.42 Å². The lowest BCUT2D eigenvalue weighted by Crippen LogP contribution is -2.29. The lowest BCUT2D eigenvalue weighted by atomic mass is 10.1. The third kappa shape index (κ3) is 3.00. The molecule has 0 N–H and O–H groups in total. The van der Waals surface area contributed by atoms with Crippen LogP contribution in [0.5, 0.6) is 0 Å². The number of hydrogen-bond acceptors (Lipinski definition) is 4. The van der Waals surface area contributed by atoms with E-state index in [1.807, 2.05) is 30.5 Å². The van der Waals surface area contributed by atoms with Crippen molar-refractivity contribution in [3.05, 3.63) is 51.7 Å². The summed E-state index contributed by atoms with van der Waals surface area (Å²) < 4.78 is 26.7. The molecule has 0 aliphatic rings. The van der Waals surface area contributed by atoms with Gasteiger partial charge < -0.3 is 0 Å². The molecule has 0 spiro atoms. The van der Waals surface area contributed by atoms with Crippen molar-refractivity contribution >= 4 is 21.4 Å². The number of nitrogens with zero attached hydrogens (tertiary/aromatic N) is 2. The van der Waals surface area contributed by atoms with E-state index in [2.05, 4.69) is 0 Å². The molecule has 1 unspecified atom stereocenters. The van der Waals surface area contributed by atoms with E-state index >= 15 is 0 Å². The minimum absolute atomic E-state index is 0.213. The van der Waals surface area contributed by atoms with Crippen LogP contribution in [-0.2, 0) is 10.0 Å². The van der Waals surface area contributed by atoms with Crippen molar-refractivity contribution in [3.8, 4) is 6.07 Å². The summed E-state index contributed by atoms with van der Waals surface area (Å²) >= 11 is 1.53. The van der Waals surface area contributed by atoms with Gasteiger partial charge in [-0.3, -0.25) is 0 Å². The van der Waals surface area contributed by atoms with Gasteiger partial charge in [-0.2, -0.15) is 9.57 Å². The van der Waals surface area contributed by atoms with Crippen LogP contribution < -0.4 is 0 Å². The van der Waals surface area contributed by atoms with Gasteiger partial charge in [0.05, 0.1) is 22.6 Å². The zero-order valence-electron chi connectivity index (χ0n) is 12.1. The van der Waals surface area contributed by atoms with Gasteiger partial charge in [0.2, 0.25) is 10.0 Å². The van der Waals surface area contributed by atoms with Gasteiger partial charge in [0.1, 0.15) is 0 Å². The second-order valence-electron chi connectivity index (χ2n) is 4.80. The van der Waals surface area contributed by atoms with Crippen LogP contribution in [0.4, 0.5) is 0 Å². The highest BCUT2D eigenvalue weighted by molar-refractivity contribution is 7.89. The van der Waals surface area contributed by atoms with E-state index in [4.69, 9.17) is 5.26 Å². The molecule has 0 saturated carbocycles. The minimum atomic E-state index is -3.58. The molecule has 6 heteroatoms. The first-order valence-corrected chi connectivity index (χ1v) is 8.72. The molecule has 110 valence electrons. The molecular weight excluding hydrogens is 304 g/mol. The fourth-order valence-corrected chi connectivity index (χ4v) is 4.33. The van der Waals surface area contributed by atoms with Gasteiger partial charge >= 0.3 is 0 Å². The molecule has 0 fully saturated rings. The zero-order valence-corrected chi connectivity index (χ0v) is 13.7. The van der Waals surface area contributed by atoms with Crippen molar-refractivity contribution in [2.45, 2.75) is 24.8 Å². The minimum Gasteiger partial charge on any atom is -0.207 e. The number of sulfonamides is 1. The Bertz CT molecular complexity index is 775. The molecule has 1 aromatic carbocycles. The van der Waals surface area contributed by atoms with Crippen molar-refractivity contribution in [2.24, 2.45) is 0 Å². The molecule has 21 heavy (non-hydrogen) atoms. The summed E-state index contributed by atoms with van der Waals surface area (Å²) in [5.41, 5.74) is 1.15. The number of benzene rings is 1. The average molecular weight is 320 g/mol. The second-order valence-corrected chi connectivity index (χ2v) is 7.78. The van der Waals surface area contributed by atoms with Crippen molar-refractivity contribution in [1.82, 2.24) is 4.31 Å². The van der Waals surface area contributed by atoms with Gasteiger partial charge in [0.15, 0.2) is 0 Å². The molecule has 4 nitrogen and oxygen atoms in total.